The van der Waals surface area contributed by atoms with E-state index in [4.69, 9.17) is 10.5 Å². The van der Waals surface area contributed by atoms with Crippen LogP contribution < -0.4 is 10.5 Å². The number of piperidine rings is 1. The van der Waals surface area contributed by atoms with Gasteiger partial charge in [-0.15, -0.1) is 0 Å². The summed E-state index contributed by atoms with van der Waals surface area (Å²) in [4.78, 5) is 13.2. The highest BCUT2D eigenvalue weighted by Gasteiger charge is 2.22. The number of nitrogens with two attached hydrogens (primary N) is 1. The van der Waals surface area contributed by atoms with Crippen molar-refractivity contribution in [3.8, 4) is 5.75 Å². The number of carbonyl (C=O) groups is 1. The molecule has 5 heteroatoms. The fourth-order valence-electron chi connectivity index (χ4n) is 3.08. The third-order valence-corrected chi connectivity index (χ3v) is 4.33. The number of rotatable bonds is 8. The third kappa shape index (κ3) is 6.59. The second kappa shape index (κ2) is 8.89. The predicted octanol–water partition coefficient (Wildman–Crippen LogP) is 1.71. The normalized spacial score (nSPS) is 20.2. The van der Waals surface area contributed by atoms with Gasteiger partial charge in [-0.2, -0.15) is 0 Å². The summed E-state index contributed by atoms with van der Waals surface area (Å²) in [5.41, 5.74) is 6.41. The molecule has 0 saturated carbocycles. The highest BCUT2D eigenvalue weighted by Crippen LogP contribution is 2.21. The Kier molecular flexibility index (Phi) is 6.86. The summed E-state index contributed by atoms with van der Waals surface area (Å²) in [5, 5.41) is 10.2. The zero-order chi connectivity index (χ0) is 16.7. The van der Waals surface area contributed by atoms with E-state index in [9.17, 15) is 9.90 Å². The molecule has 1 aliphatic rings. The van der Waals surface area contributed by atoms with Crippen molar-refractivity contribution in [2.24, 2.45) is 11.7 Å². The van der Waals surface area contributed by atoms with Crippen LogP contribution in [0.4, 0.5) is 0 Å². The molecule has 0 spiro atoms. The van der Waals surface area contributed by atoms with Crippen LogP contribution in [0.5, 0.6) is 5.75 Å². The summed E-state index contributed by atoms with van der Waals surface area (Å²) in [6, 6.07) is 7.83. The van der Waals surface area contributed by atoms with Gasteiger partial charge in [0.1, 0.15) is 18.5 Å². The molecule has 1 saturated heterocycles. The first-order chi connectivity index (χ1) is 11.0. The maximum absolute atomic E-state index is 10.9. The lowest BCUT2D eigenvalue weighted by atomic mass is 9.93. The average molecular weight is 320 g/mol. The van der Waals surface area contributed by atoms with Crippen LogP contribution in [0.3, 0.4) is 0 Å². The summed E-state index contributed by atoms with van der Waals surface area (Å²) >= 11 is 0. The fourth-order valence-corrected chi connectivity index (χ4v) is 3.08. The molecule has 128 valence electrons. The van der Waals surface area contributed by atoms with Crippen LogP contribution in [0.25, 0.3) is 0 Å². The molecular formula is C18H28N2O3. The minimum Gasteiger partial charge on any atom is -0.491 e. The van der Waals surface area contributed by atoms with Gasteiger partial charge < -0.3 is 20.5 Å². The fraction of sp³-hybridized carbons (Fsp3) is 0.611. The molecule has 23 heavy (non-hydrogen) atoms. The standard InChI is InChI=1S/C18H28N2O3/c1-14-4-7-17(8-5-14)23-13-16(21)12-20-10-2-3-15(11-20)6-9-18(19)22/h4-5,7-8,15-16,21H,2-3,6,9-13H2,1H3,(H2,19,22). The Balaban J connectivity index is 1.70. The number of carbonyl (C=O) groups excluding carboxylic acids is 1. The minimum absolute atomic E-state index is 0.228. The van der Waals surface area contributed by atoms with Gasteiger partial charge in [0.05, 0.1) is 0 Å². The lowest BCUT2D eigenvalue weighted by molar-refractivity contribution is -0.118. The number of hydrogen-bond acceptors (Lipinski definition) is 4. The van der Waals surface area contributed by atoms with Crippen LogP contribution in [-0.2, 0) is 4.79 Å². The predicted molar refractivity (Wildman–Crippen MR) is 90.3 cm³/mol. The van der Waals surface area contributed by atoms with Crippen molar-refractivity contribution in [2.45, 2.75) is 38.7 Å². The number of likely N-dealkylation sites (tertiary alicyclic amines) is 1. The monoisotopic (exact) mass is 320 g/mol. The first-order valence-electron chi connectivity index (χ1n) is 8.41. The third-order valence-electron chi connectivity index (χ3n) is 4.33. The number of β-amino-alcohol motifs (C(OH)–C–C–N with tert-alkyl or cyclic N) is 1. The summed E-state index contributed by atoms with van der Waals surface area (Å²) in [6.07, 6.45) is 3.04. The van der Waals surface area contributed by atoms with Crippen LogP contribution in [0.2, 0.25) is 0 Å². The molecule has 1 aliphatic heterocycles. The van der Waals surface area contributed by atoms with Crippen LogP contribution in [0.15, 0.2) is 24.3 Å². The van der Waals surface area contributed by atoms with Gasteiger partial charge in [0, 0.05) is 19.5 Å². The molecule has 1 heterocycles. The quantitative estimate of drug-likeness (QED) is 0.764. The van der Waals surface area contributed by atoms with Crippen molar-refractivity contribution < 1.29 is 14.6 Å². The van der Waals surface area contributed by atoms with Crippen molar-refractivity contribution in [1.82, 2.24) is 4.90 Å². The number of aliphatic hydroxyl groups is 1. The number of nitrogens with zero attached hydrogens (tertiary/aromatic N) is 1. The zero-order valence-corrected chi connectivity index (χ0v) is 13.9. The van der Waals surface area contributed by atoms with E-state index in [1.165, 1.54) is 5.56 Å². The Morgan fingerprint density at radius 2 is 2.17 bits per heavy atom. The van der Waals surface area contributed by atoms with Gasteiger partial charge in [-0.3, -0.25) is 4.79 Å². The van der Waals surface area contributed by atoms with Crippen LogP contribution >= 0.6 is 0 Å². The largest absolute Gasteiger partial charge is 0.491 e. The molecule has 0 aromatic heterocycles. The maximum atomic E-state index is 10.9. The van der Waals surface area contributed by atoms with Gasteiger partial charge in [-0.25, -0.2) is 0 Å². The molecule has 1 amide bonds. The van der Waals surface area contributed by atoms with Gasteiger partial charge in [0.15, 0.2) is 0 Å². The second-order valence-corrected chi connectivity index (χ2v) is 6.55. The number of primary amides is 1. The van der Waals surface area contributed by atoms with Gasteiger partial charge in [-0.1, -0.05) is 17.7 Å². The lowest BCUT2D eigenvalue weighted by Gasteiger charge is -2.33. The number of aryl methyl sites for hydroxylation is 1. The van der Waals surface area contributed by atoms with E-state index in [2.05, 4.69) is 4.90 Å². The Bertz CT molecular complexity index is 490. The summed E-state index contributed by atoms with van der Waals surface area (Å²) in [5.74, 6) is 1.06. The van der Waals surface area contributed by atoms with Crippen LogP contribution in [0, 0.1) is 12.8 Å². The lowest BCUT2D eigenvalue weighted by Crippen LogP contribution is -2.42. The summed E-state index contributed by atoms with van der Waals surface area (Å²) in [7, 11) is 0. The van der Waals surface area contributed by atoms with Gasteiger partial charge in [-0.05, 0) is 50.8 Å². The van der Waals surface area contributed by atoms with Crippen LogP contribution in [0.1, 0.15) is 31.2 Å². The van der Waals surface area contributed by atoms with E-state index >= 15 is 0 Å². The van der Waals surface area contributed by atoms with Gasteiger partial charge in [0.25, 0.3) is 0 Å². The van der Waals surface area contributed by atoms with Crippen molar-refractivity contribution >= 4 is 5.91 Å². The molecule has 5 nitrogen and oxygen atoms in total. The number of ether oxygens (including phenoxy) is 1. The highest BCUT2D eigenvalue weighted by molar-refractivity contribution is 5.73. The van der Waals surface area contributed by atoms with Gasteiger partial charge in [0.2, 0.25) is 5.91 Å². The number of benzene rings is 1. The average Bonchev–Trinajstić information content (AvgIpc) is 2.53. The smallest absolute Gasteiger partial charge is 0.217 e. The van der Waals surface area contributed by atoms with Crippen molar-refractivity contribution in [3.63, 3.8) is 0 Å². The Morgan fingerprint density at radius 1 is 1.43 bits per heavy atom. The van der Waals surface area contributed by atoms with Gasteiger partial charge >= 0.3 is 0 Å². The number of aliphatic hydroxyl groups excluding tert-OH is 1. The Hall–Kier alpha value is -1.59. The maximum Gasteiger partial charge on any atom is 0.217 e. The molecule has 0 aliphatic carbocycles. The van der Waals surface area contributed by atoms with Crippen molar-refractivity contribution in [2.75, 3.05) is 26.2 Å². The van der Waals surface area contributed by atoms with Crippen molar-refractivity contribution in [1.29, 1.82) is 0 Å². The molecule has 3 N–H and O–H groups in total. The molecule has 1 aromatic rings. The summed E-state index contributed by atoms with van der Waals surface area (Å²) < 4.78 is 5.63. The molecule has 0 radical (unpaired) electrons. The first-order valence-corrected chi connectivity index (χ1v) is 8.41. The summed E-state index contributed by atoms with van der Waals surface area (Å²) in [6.45, 7) is 4.86. The highest BCUT2D eigenvalue weighted by atomic mass is 16.5. The molecule has 1 aromatic carbocycles. The van der Waals surface area contributed by atoms with E-state index in [0.717, 1.165) is 38.1 Å². The SMILES string of the molecule is Cc1ccc(OCC(O)CN2CCCC(CCC(N)=O)C2)cc1. The second-order valence-electron chi connectivity index (χ2n) is 6.55. The Labute approximate surface area is 138 Å². The van der Waals surface area contributed by atoms with E-state index in [0.29, 0.717) is 25.5 Å². The van der Waals surface area contributed by atoms with Crippen LogP contribution in [-0.4, -0.2) is 48.3 Å². The number of amides is 1. The van der Waals surface area contributed by atoms with Crippen molar-refractivity contribution in [3.05, 3.63) is 29.8 Å². The molecule has 2 atom stereocenters. The van der Waals surface area contributed by atoms with E-state index in [1.807, 2.05) is 31.2 Å². The van der Waals surface area contributed by atoms with E-state index in [-0.39, 0.29) is 5.91 Å². The first kappa shape index (κ1) is 17.8. The van der Waals surface area contributed by atoms with E-state index in [1.54, 1.807) is 0 Å². The Morgan fingerprint density at radius 3 is 2.87 bits per heavy atom. The molecule has 0 bridgehead atoms. The zero-order valence-electron chi connectivity index (χ0n) is 13.9. The minimum atomic E-state index is -0.508. The number of hydrogen-bond donors (Lipinski definition) is 2. The topological polar surface area (TPSA) is 75.8 Å². The molecule has 1 fully saturated rings. The van der Waals surface area contributed by atoms with E-state index < -0.39 is 6.10 Å². The molecule has 2 rings (SSSR count). The molecule has 2 unspecified atom stereocenters. The molecular weight excluding hydrogens is 292 g/mol.